The number of alkyl halides is 3. The molecule has 37 heavy (non-hydrogen) atoms. The van der Waals surface area contributed by atoms with Crippen molar-refractivity contribution in [3.63, 3.8) is 0 Å². The summed E-state index contributed by atoms with van der Waals surface area (Å²) in [5.74, 6) is -0.961. The molecule has 1 amide bonds. The van der Waals surface area contributed by atoms with E-state index in [1.165, 1.54) is 6.20 Å². The van der Waals surface area contributed by atoms with Crippen molar-refractivity contribution in [2.75, 3.05) is 13.2 Å². The Balaban J connectivity index is 1.65. The number of amides is 1. The Morgan fingerprint density at radius 3 is 2.65 bits per heavy atom. The Morgan fingerprint density at radius 2 is 1.97 bits per heavy atom. The highest BCUT2D eigenvalue weighted by Gasteiger charge is 2.44. The number of rotatable bonds is 10. The molecule has 0 aliphatic carbocycles. The first-order valence-corrected chi connectivity index (χ1v) is 11.7. The Kier molecular flexibility index (Phi) is 7.44. The van der Waals surface area contributed by atoms with E-state index in [4.69, 9.17) is 10.5 Å². The van der Waals surface area contributed by atoms with E-state index in [0.717, 1.165) is 11.1 Å². The Morgan fingerprint density at radius 1 is 1.16 bits per heavy atom. The van der Waals surface area contributed by atoms with Crippen LogP contribution >= 0.6 is 0 Å². The topological polar surface area (TPSA) is 119 Å². The maximum absolute atomic E-state index is 13.1. The number of nitrogens with zero attached hydrogens (tertiary/aromatic N) is 3. The molecule has 4 rings (SSSR count). The molecule has 0 saturated carbocycles. The lowest BCUT2D eigenvalue weighted by atomic mass is 9.79. The first kappa shape index (κ1) is 26.1. The largest absolute Gasteiger partial charge is 0.492 e. The van der Waals surface area contributed by atoms with Gasteiger partial charge in [0, 0.05) is 59.0 Å². The molecule has 0 aliphatic rings. The van der Waals surface area contributed by atoms with Crippen LogP contribution in [0.25, 0.3) is 22.2 Å². The van der Waals surface area contributed by atoms with E-state index in [9.17, 15) is 18.0 Å². The normalized spacial score (nSPS) is 13.6. The van der Waals surface area contributed by atoms with Crippen LogP contribution in [0, 0.1) is 5.92 Å². The molecule has 0 radical (unpaired) electrons. The van der Waals surface area contributed by atoms with Gasteiger partial charge in [0.15, 0.2) is 0 Å². The molecule has 4 aromatic rings. The number of primary amides is 1. The number of halogens is 3. The highest BCUT2D eigenvalue weighted by molar-refractivity contribution is 5.94. The first-order valence-electron chi connectivity index (χ1n) is 11.7. The van der Waals surface area contributed by atoms with Crippen molar-refractivity contribution in [3.8, 4) is 16.9 Å². The molecule has 0 aromatic carbocycles. The number of hydrogen-bond acceptors (Lipinski definition) is 6. The third kappa shape index (κ3) is 5.72. The zero-order valence-electron chi connectivity index (χ0n) is 20.3. The summed E-state index contributed by atoms with van der Waals surface area (Å²) in [6.07, 6.45) is 4.07. The van der Waals surface area contributed by atoms with Crippen LogP contribution in [0.15, 0.2) is 61.3 Å². The lowest BCUT2D eigenvalue weighted by Crippen LogP contribution is -2.58. The number of nitrogens with one attached hydrogen (secondary N) is 2. The minimum Gasteiger partial charge on any atom is -0.492 e. The van der Waals surface area contributed by atoms with E-state index < -0.39 is 30.1 Å². The monoisotopic (exact) mass is 512 g/mol. The van der Waals surface area contributed by atoms with Gasteiger partial charge >= 0.3 is 6.18 Å². The average molecular weight is 513 g/mol. The molecule has 194 valence electrons. The zero-order valence-corrected chi connectivity index (χ0v) is 20.3. The number of hydrogen-bond donors (Lipinski definition) is 3. The van der Waals surface area contributed by atoms with Gasteiger partial charge in [0.05, 0.1) is 19.3 Å². The summed E-state index contributed by atoms with van der Waals surface area (Å²) in [6, 6.07) is 9.13. The van der Waals surface area contributed by atoms with E-state index in [1.54, 1.807) is 44.7 Å². The van der Waals surface area contributed by atoms with Crippen molar-refractivity contribution in [1.29, 1.82) is 0 Å². The second-order valence-corrected chi connectivity index (χ2v) is 8.95. The van der Waals surface area contributed by atoms with Crippen molar-refractivity contribution in [2.45, 2.75) is 32.0 Å². The molecule has 4 heterocycles. The van der Waals surface area contributed by atoms with E-state index in [2.05, 4.69) is 25.3 Å². The molecule has 11 heteroatoms. The highest BCUT2D eigenvalue weighted by atomic mass is 19.4. The number of nitrogens with two attached hydrogens (primary N) is 1. The third-order valence-corrected chi connectivity index (χ3v) is 6.19. The minimum absolute atomic E-state index is 0.238. The summed E-state index contributed by atoms with van der Waals surface area (Å²) < 4.78 is 45.1. The summed E-state index contributed by atoms with van der Waals surface area (Å²) in [5.41, 5.74) is 6.91. The molecule has 0 fully saturated rings. The van der Waals surface area contributed by atoms with Gasteiger partial charge in [0.2, 0.25) is 5.91 Å². The molecule has 8 nitrogen and oxygen atoms in total. The zero-order chi connectivity index (χ0) is 26.6. The van der Waals surface area contributed by atoms with Gasteiger partial charge in [0.25, 0.3) is 0 Å². The summed E-state index contributed by atoms with van der Waals surface area (Å²) in [4.78, 5) is 28.6. The maximum Gasteiger partial charge on any atom is 0.401 e. The van der Waals surface area contributed by atoms with Crippen LogP contribution in [0.4, 0.5) is 13.2 Å². The van der Waals surface area contributed by atoms with Gasteiger partial charge in [-0.25, -0.2) is 4.98 Å². The molecule has 1 atom stereocenters. The first-order chi connectivity index (χ1) is 17.6. The van der Waals surface area contributed by atoms with Crippen LogP contribution in [0.1, 0.15) is 25.1 Å². The fourth-order valence-corrected chi connectivity index (χ4v) is 4.32. The smallest absolute Gasteiger partial charge is 0.401 e. The van der Waals surface area contributed by atoms with Gasteiger partial charge in [-0.3, -0.25) is 20.1 Å². The number of ether oxygens (including phenoxy) is 1. The quantitative estimate of drug-likeness (QED) is 0.294. The van der Waals surface area contributed by atoms with E-state index in [1.807, 2.05) is 24.3 Å². The van der Waals surface area contributed by atoms with Crippen LogP contribution in [0.2, 0.25) is 0 Å². The summed E-state index contributed by atoms with van der Waals surface area (Å²) in [6.45, 7) is 2.28. The number of aromatic amines is 1. The van der Waals surface area contributed by atoms with Crippen LogP contribution in [0.5, 0.6) is 5.75 Å². The number of carbonyl (C=O) groups excluding carboxylic acids is 1. The molecular weight excluding hydrogens is 485 g/mol. The van der Waals surface area contributed by atoms with Crippen molar-refractivity contribution in [1.82, 2.24) is 25.3 Å². The number of aromatic nitrogens is 4. The third-order valence-electron chi connectivity index (χ3n) is 6.19. The van der Waals surface area contributed by atoms with Crippen LogP contribution in [-0.4, -0.2) is 45.2 Å². The fraction of sp³-hybridized carbons (Fsp3) is 0.308. The summed E-state index contributed by atoms with van der Waals surface area (Å²) in [5, 5.41) is 3.09. The van der Waals surface area contributed by atoms with Gasteiger partial charge in [-0.15, -0.1) is 0 Å². The Labute approximate surface area is 211 Å². The number of carbonyl (C=O) groups is 1. The van der Waals surface area contributed by atoms with Crippen molar-refractivity contribution >= 4 is 16.9 Å². The van der Waals surface area contributed by atoms with Gasteiger partial charge in [-0.1, -0.05) is 19.9 Å². The molecule has 0 bridgehead atoms. The second kappa shape index (κ2) is 10.6. The van der Waals surface area contributed by atoms with E-state index in [-0.39, 0.29) is 5.56 Å². The van der Waals surface area contributed by atoms with Crippen molar-refractivity contribution < 1.29 is 22.7 Å². The summed E-state index contributed by atoms with van der Waals surface area (Å²) in [7, 11) is 0. The van der Waals surface area contributed by atoms with Gasteiger partial charge in [0.1, 0.15) is 16.9 Å². The molecule has 0 spiro atoms. The molecular formula is C26H27F3N6O2. The standard InChI is InChI=1S/C26H27F3N6O2/c1-16(2)26(24(30)36,35-15-25(27,28)29)18-9-17(11-31-12-18)22-14-34-23-21(22)10-20(13-33-23)37-8-6-19-5-3-4-7-32-19/h3-5,7,9-14,16,35H,6,8,15H2,1-2H3,(H2,30,36)(H,33,34)/t26-/m1/s1. The number of fused-ring (bicyclic) bond motifs is 1. The van der Waals surface area contributed by atoms with E-state index >= 15 is 0 Å². The number of H-pyrrole nitrogens is 1. The van der Waals surface area contributed by atoms with E-state index in [0.29, 0.717) is 35.6 Å². The Hall–Kier alpha value is -3.99. The lowest BCUT2D eigenvalue weighted by molar-refractivity contribution is -0.139. The molecule has 4 aromatic heterocycles. The molecule has 0 unspecified atom stereocenters. The van der Waals surface area contributed by atoms with Crippen LogP contribution < -0.4 is 15.8 Å². The van der Waals surface area contributed by atoms with Gasteiger partial charge < -0.3 is 15.5 Å². The second-order valence-electron chi connectivity index (χ2n) is 8.95. The average Bonchev–Trinajstić information content (AvgIpc) is 3.27. The minimum atomic E-state index is -4.53. The van der Waals surface area contributed by atoms with Crippen molar-refractivity contribution in [2.24, 2.45) is 11.7 Å². The highest BCUT2D eigenvalue weighted by Crippen LogP contribution is 2.35. The van der Waals surface area contributed by atoms with Crippen LogP contribution in [0.3, 0.4) is 0 Å². The van der Waals surface area contributed by atoms with Crippen molar-refractivity contribution in [3.05, 3.63) is 72.6 Å². The molecule has 0 saturated heterocycles. The number of pyridine rings is 3. The predicted octanol–water partition coefficient (Wildman–Crippen LogP) is 4.13. The van der Waals surface area contributed by atoms with Gasteiger partial charge in [-0.2, -0.15) is 13.2 Å². The lowest BCUT2D eigenvalue weighted by Gasteiger charge is -2.36. The van der Waals surface area contributed by atoms with Crippen LogP contribution in [-0.2, 0) is 16.8 Å². The maximum atomic E-state index is 13.1. The SMILES string of the molecule is CC(C)[C@](NCC(F)(F)F)(C(N)=O)c1cncc(-c2c[nH]c3ncc(OCCc4ccccn4)cc23)c1. The summed E-state index contributed by atoms with van der Waals surface area (Å²) >= 11 is 0. The predicted molar refractivity (Wildman–Crippen MR) is 133 cm³/mol. The Bertz CT molecular complexity index is 1370. The fourth-order valence-electron chi connectivity index (χ4n) is 4.32. The van der Waals surface area contributed by atoms with Gasteiger partial charge in [-0.05, 0) is 30.2 Å². The molecule has 4 N–H and O–H groups in total. The molecule has 0 aliphatic heterocycles.